The molecular formula is C14H26N2O3. The van der Waals surface area contributed by atoms with E-state index in [1.54, 1.807) is 14.2 Å². The summed E-state index contributed by atoms with van der Waals surface area (Å²) in [6.45, 7) is 8.24. The average Bonchev–Trinajstić information content (AvgIpc) is 2.35. The van der Waals surface area contributed by atoms with Crippen molar-refractivity contribution in [2.45, 2.75) is 52.3 Å². The lowest BCUT2D eigenvalue weighted by Crippen LogP contribution is -2.43. The molecule has 110 valence electrons. The summed E-state index contributed by atoms with van der Waals surface area (Å²) in [5.74, 6) is 1.72. The Balaban J connectivity index is 2.98. The van der Waals surface area contributed by atoms with Crippen LogP contribution in [0.2, 0.25) is 0 Å². The van der Waals surface area contributed by atoms with Gasteiger partial charge in [0.1, 0.15) is 6.04 Å². The second-order valence-electron chi connectivity index (χ2n) is 5.67. The maximum Gasteiger partial charge on any atom is 0.212 e. The fraction of sp³-hybridized carbons (Fsp3) is 0.857. The normalized spacial score (nSPS) is 25.1. The number of methoxy groups -OCH3 is 2. The SMILES string of the molecule is COC1=N[C@H](C(C)C)C(OC)=N[C@H]1[C@H](O)CC(C)C. The van der Waals surface area contributed by atoms with Crippen molar-refractivity contribution >= 4 is 11.8 Å². The Bertz CT molecular complexity index is 351. The minimum atomic E-state index is -0.600. The van der Waals surface area contributed by atoms with Gasteiger partial charge in [-0.15, -0.1) is 0 Å². The largest absolute Gasteiger partial charge is 0.483 e. The fourth-order valence-corrected chi connectivity index (χ4v) is 2.18. The number of rotatable bonds is 4. The lowest BCUT2D eigenvalue weighted by molar-refractivity contribution is 0.130. The van der Waals surface area contributed by atoms with Crippen molar-refractivity contribution in [2.24, 2.45) is 21.8 Å². The standard InChI is InChI=1S/C14H26N2O3/c1-8(2)7-10(17)12-14(19-6)15-11(9(3)4)13(16-12)18-5/h8-12,17H,7H2,1-6H3/t10-,11-,12+/m1/s1. The molecule has 0 saturated heterocycles. The van der Waals surface area contributed by atoms with Gasteiger partial charge in [0.15, 0.2) is 6.04 Å². The number of hydrogen-bond acceptors (Lipinski definition) is 5. The van der Waals surface area contributed by atoms with E-state index in [1.165, 1.54) is 0 Å². The monoisotopic (exact) mass is 270 g/mol. The Morgan fingerprint density at radius 1 is 1.00 bits per heavy atom. The molecule has 0 saturated carbocycles. The first-order valence-corrected chi connectivity index (χ1v) is 6.82. The van der Waals surface area contributed by atoms with Gasteiger partial charge in [0.05, 0.1) is 20.3 Å². The molecule has 0 aromatic carbocycles. The zero-order chi connectivity index (χ0) is 14.6. The molecule has 1 heterocycles. The first-order valence-electron chi connectivity index (χ1n) is 6.82. The summed E-state index contributed by atoms with van der Waals surface area (Å²) in [5, 5.41) is 10.3. The number of aliphatic hydroxyl groups excluding tert-OH is 1. The van der Waals surface area contributed by atoms with Crippen LogP contribution >= 0.6 is 0 Å². The molecule has 1 aliphatic rings. The molecule has 19 heavy (non-hydrogen) atoms. The summed E-state index contributed by atoms with van der Waals surface area (Å²) >= 11 is 0. The molecule has 5 nitrogen and oxygen atoms in total. The van der Waals surface area contributed by atoms with Crippen LogP contribution in [0.4, 0.5) is 0 Å². The van der Waals surface area contributed by atoms with Gasteiger partial charge in [-0.25, -0.2) is 9.98 Å². The maximum absolute atomic E-state index is 10.3. The number of nitrogens with zero attached hydrogens (tertiary/aromatic N) is 2. The summed E-state index contributed by atoms with van der Waals surface area (Å²) in [7, 11) is 3.16. The summed E-state index contributed by atoms with van der Waals surface area (Å²) in [6, 6.07) is -0.597. The van der Waals surface area contributed by atoms with Gasteiger partial charge in [0, 0.05) is 0 Å². The van der Waals surface area contributed by atoms with Crippen molar-refractivity contribution in [3.63, 3.8) is 0 Å². The average molecular weight is 270 g/mol. The van der Waals surface area contributed by atoms with Gasteiger partial charge in [-0.05, 0) is 18.3 Å². The summed E-state index contributed by atoms with van der Waals surface area (Å²) in [6.07, 6.45) is 0.0526. The van der Waals surface area contributed by atoms with E-state index in [2.05, 4.69) is 37.7 Å². The predicted octanol–water partition coefficient (Wildman–Crippen LogP) is 1.89. The lowest BCUT2D eigenvalue weighted by atomic mass is 9.97. The van der Waals surface area contributed by atoms with E-state index in [0.717, 1.165) is 0 Å². The van der Waals surface area contributed by atoms with Gasteiger partial charge in [0.25, 0.3) is 0 Å². The van der Waals surface area contributed by atoms with Crippen LogP contribution in [0, 0.1) is 11.8 Å². The predicted molar refractivity (Wildman–Crippen MR) is 76.8 cm³/mol. The van der Waals surface area contributed by atoms with Crippen molar-refractivity contribution in [1.29, 1.82) is 0 Å². The molecular weight excluding hydrogens is 244 g/mol. The molecule has 0 bridgehead atoms. The van der Waals surface area contributed by atoms with Crippen molar-refractivity contribution in [3.8, 4) is 0 Å². The maximum atomic E-state index is 10.3. The molecule has 1 rings (SSSR count). The van der Waals surface area contributed by atoms with Crippen molar-refractivity contribution < 1.29 is 14.6 Å². The highest BCUT2D eigenvalue weighted by Crippen LogP contribution is 2.21. The molecule has 1 N–H and O–H groups in total. The van der Waals surface area contributed by atoms with E-state index in [4.69, 9.17) is 9.47 Å². The second kappa shape index (κ2) is 6.89. The molecule has 1 aliphatic heterocycles. The van der Waals surface area contributed by atoms with Crippen molar-refractivity contribution in [3.05, 3.63) is 0 Å². The highest BCUT2D eigenvalue weighted by atomic mass is 16.5. The molecule has 0 spiro atoms. The topological polar surface area (TPSA) is 63.4 Å². The third-order valence-electron chi connectivity index (χ3n) is 3.17. The second-order valence-corrected chi connectivity index (χ2v) is 5.67. The van der Waals surface area contributed by atoms with Gasteiger partial charge < -0.3 is 14.6 Å². The van der Waals surface area contributed by atoms with Crippen LogP contribution in [-0.2, 0) is 9.47 Å². The fourth-order valence-electron chi connectivity index (χ4n) is 2.18. The summed E-state index contributed by atoms with van der Waals surface area (Å²) in [5.41, 5.74) is 0. The van der Waals surface area contributed by atoms with Crippen LogP contribution in [0.15, 0.2) is 9.98 Å². The number of hydrogen-bond donors (Lipinski definition) is 1. The Morgan fingerprint density at radius 2 is 1.47 bits per heavy atom. The van der Waals surface area contributed by atoms with Gasteiger partial charge in [-0.3, -0.25) is 0 Å². The first-order chi connectivity index (χ1) is 8.90. The van der Waals surface area contributed by atoms with E-state index in [0.29, 0.717) is 24.1 Å². The minimum absolute atomic E-state index is 0.137. The van der Waals surface area contributed by atoms with Crippen molar-refractivity contribution in [1.82, 2.24) is 0 Å². The van der Waals surface area contributed by atoms with Gasteiger partial charge >= 0.3 is 0 Å². The number of aliphatic imine (C=N–C) groups is 2. The summed E-state index contributed by atoms with van der Waals surface area (Å²) < 4.78 is 10.6. The quantitative estimate of drug-likeness (QED) is 0.848. The first kappa shape index (κ1) is 16.0. The zero-order valence-corrected chi connectivity index (χ0v) is 12.8. The number of ether oxygens (including phenoxy) is 2. The zero-order valence-electron chi connectivity index (χ0n) is 12.8. The molecule has 5 heteroatoms. The van der Waals surface area contributed by atoms with E-state index in [9.17, 15) is 5.11 Å². The molecule has 0 radical (unpaired) electrons. The van der Waals surface area contributed by atoms with Gasteiger partial charge in [-0.1, -0.05) is 27.7 Å². The molecule has 0 aliphatic carbocycles. The Hall–Kier alpha value is -1.10. The van der Waals surface area contributed by atoms with Gasteiger partial charge in [0.2, 0.25) is 11.8 Å². The Morgan fingerprint density at radius 3 is 1.89 bits per heavy atom. The smallest absolute Gasteiger partial charge is 0.212 e. The third-order valence-corrected chi connectivity index (χ3v) is 3.17. The van der Waals surface area contributed by atoms with E-state index >= 15 is 0 Å². The molecule has 3 atom stereocenters. The minimum Gasteiger partial charge on any atom is -0.483 e. The van der Waals surface area contributed by atoms with Crippen LogP contribution in [0.1, 0.15) is 34.1 Å². The Kier molecular flexibility index (Phi) is 5.79. The highest BCUT2D eigenvalue weighted by molar-refractivity contribution is 5.94. The van der Waals surface area contributed by atoms with Crippen molar-refractivity contribution in [2.75, 3.05) is 14.2 Å². The molecule has 0 unspecified atom stereocenters. The molecule has 0 fully saturated rings. The molecule has 0 amide bonds. The van der Waals surface area contributed by atoms with Gasteiger partial charge in [-0.2, -0.15) is 0 Å². The highest BCUT2D eigenvalue weighted by Gasteiger charge is 2.34. The van der Waals surface area contributed by atoms with E-state index < -0.39 is 12.1 Å². The summed E-state index contributed by atoms with van der Waals surface area (Å²) in [4.78, 5) is 9.04. The van der Waals surface area contributed by atoms with Crippen LogP contribution in [0.25, 0.3) is 0 Å². The third kappa shape index (κ3) is 3.93. The van der Waals surface area contributed by atoms with Crippen LogP contribution in [0.5, 0.6) is 0 Å². The molecule has 0 aromatic rings. The van der Waals surface area contributed by atoms with Crippen LogP contribution in [0.3, 0.4) is 0 Å². The van der Waals surface area contributed by atoms with E-state index in [1.807, 2.05) is 0 Å². The molecule has 0 aromatic heterocycles. The lowest BCUT2D eigenvalue weighted by Gasteiger charge is -2.29. The number of aliphatic hydroxyl groups is 1. The Labute approximate surface area is 115 Å². The van der Waals surface area contributed by atoms with Crippen LogP contribution in [-0.4, -0.2) is 49.3 Å². The van der Waals surface area contributed by atoms with E-state index in [-0.39, 0.29) is 12.0 Å². The van der Waals surface area contributed by atoms with Crippen LogP contribution < -0.4 is 0 Å².